The Balaban J connectivity index is 1.89. The Bertz CT molecular complexity index is 388. The minimum absolute atomic E-state index is 0.801. The summed E-state index contributed by atoms with van der Waals surface area (Å²) < 4.78 is 5.30. The van der Waals surface area contributed by atoms with Gasteiger partial charge in [0.15, 0.2) is 0 Å². The van der Waals surface area contributed by atoms with Crippen molar-refractivity contribution in [3.63, 3.8) is 0 Å². The van der Waals surface area contributed by atoms with E-state index >= 15 is 0 Å². The van der Waals surface area contributed by atoms with Crippen molar-refractivity contribution in [1.29, 1.82) is 0 Å². The van der Waals surface area contributed by atoms with Crippen LogP contribution in [-0.2, 0) is 13.0 Å². The molecule has 1 atom stereocenters. The number of fused-ring (bicyclic) bond motifs is 2. The maximum absolute atomic E-state index is 5.30. The van der Waals surface area contributed by atoms with Crippen LogP contribution in [0.2, 0.25) is 0 Å². The van der Waals surface area contributed by atoms with E-state index in [1.807, 2.05) is 0 Å². The van der Waals surface area contributed by atoms with Crippen LogP contribution in [0, 0.1) is 0 Å². The van der Waals surface area contributed by atoms with Gasteiger partial charge in [0.25, 0.3) is 0 Å². The quantitative estimate of drug-likeness (QED) is 0.717. The molecule has 2 heterocycles. The monoisotopic (exact) mass is 217 g/mol. The van der Waals surface area contributed by atoms with Gasteiger partial charge in [-0.3, -0.25) is 4.90 Å². The third-order valence-electron chi connectivity index (χ3n) is 3.99. The van der Waals surface area contributed by atoms with E-state index < -0.39 is 0 Å². The molecular weight excluding hydrogens is 198 g/mol. The third-order valence-corrected chi connectivity index (χ3v) is 3.99. The van der Waals surface area contributed by atoms with Gasteiger partial charge in [-0.15, -0.1) is 0 Å². The normalized spacial score (nSPS) is 24.7. The zero-order valence-corrected chi connectivity index (χ0v) is 9.91. The standard InChI is InChI=1S/C14H19NO/c1-16-14-6-5-11-8-13-4-2-3-7-15(13)10-12(11)9-14/h5-6,9,13H,2-4,7-8,10H2,1H3/t13-/m1/s1. The van der Waals surface area contributed by atoms with Crippen molar-refractivity contribution in [1.82, 2.24) is 4.90 Å². The molecule has 1 saturated heterocycles. The molecule has 0 bridgehead atoms. The van der Waals surface area contributed by atoms with Crippen LogP contribution in [0.15, 0.2) is 18.2 Å². The first-order valence-electron chi connectivity index (χ1n) is 6.26. The number of methoxy groups -OCH3 is 1. The Labute approximate surface area is 97.2 Å². The number of piperidine rings is 1. The van der Waals surface area contributed by atoms with E-state index in [1.165, 1.54) is 43.4 Å². The van der Waals surface area contributed by atoms with Crippen LogP contribution < -0.4 is 4.74 Å². The van der Waals surface area contributed by atoms with Gasteiger partial charge in [-0.25, -0.2) is 0 Å². The fourth-order valence-electron chi connectivity index (χ4n) is 3.05. The van der Waals surface area contributed by atoms with Gasteiger partial charge in [0.2, 0.25) is 0 Å². The molecule has 3 rings (SSSR count). The highest BCUT2D eigenvalue weighted by molar-refractivity contribution is 5.37. The maximum atomic E-state index is 5.30. The van der Waals surface area contributed by atoms with E-state index in [-0.39, 0.29) is 0 Å². The molecule has 0 aliphatic carbocycles. The Morgan fingerprint density at radius 2 is 2.19 bits per heavy atom. The predicted octanol–water partition coefficient (Wildman–Crippen LogP) is 2.61. The second kappa shape index (κ2) is 4.10. The fraction of sp³-hybridized carbons (Fsp3) is 0.571. The SMILES string of the molecule is COc1ccc2c(c1)CN1CCCC[C@@H]1C2. The lowest BCUT2D eigenvalue weighted by Crippen LogP contribution is -2.43. The number of nitrogens with zero attached hydrogens (tertiary/aromatic N) is 1. The van der Waals surface area contributed by atoms with Crippen LogP contribution in [0.4, 0.5) is 0 Å². The smallest absolute Gasteiger partial charge is 0.119 e. The van der Waals surface area contributed by atoms with Crippen molar-refractivity contribution in [3.8, 4) is 5.75 Å². The molecule has 2 heteroatoms. The molecule has 1 aromatic carbocycles. The van der Waals surface area contributed by atoms with Crippen molar-refractivity contribution in [2.45, 2.75) is 38.3 Å². The lowest BCUT2D eigenvalue weighted by atomic mass is 9.88. The summed E-state index contributed by atoms with van der Waals surface area (Å²) in [5, 5.41) is 0. The molecule has 1 aromatic rings. The largest absolute Gasteiger partial charge is 0.497 e. The third kappa shape index (κ3) is 1.71. The topological polar surface area (TPSA) is 12.5 Å². The van der Waals surface area contributed by atoms with Crippen molar-refractivity contribution in [3.05, 3.63) is 29.3 Å². The highest BCUT2D eigenvalue weighted by Crippen LogP contribution is 2.31. The first-order valence-corrected chi connectivity index (χ1v) is 6.26. The molecule has 0 aromatic heterocycles. The molecule has 2 aliphatic heterocycles. The molecule has 0 N–H and O–H groups in total. The molecule has 0 unspecified atom stereocenters. The molecule has 0 spiro atoms. The molecular formula is C14H19NO. The Kier molecular flexibility index (Phi) is 2.60. The van der Waals surface area contributed by atoms with Gasteiger partial charge in [-0.05, 0) is 49.1 Å². The summed E-state index contributed by atoms with van der Waals surface area (Å²) in [6, 6.07) is 7.35. The fourth-order valence-corrected chi connectivity index (χ4v) is 3.05. The Hall–Kier alpha value is -1.02. The van der Waals surface area contributed by atoms with E-state index in [1.54, 1.807) is 7.11 Å². The molecule has 2 aliphatic rings. The van der Waals surface area contributed by atoms with Crippen LogP contribution in [0.25, 0.3) is 0 Å². The zero-order chi connectivity index (χ0) is 11.0. The molecule has 0 saturated carbocycles. The van der Waals surface area contributed by atoms with Crippen molar-refractivity contribution in [2.75, 3.05) is 13.7 Å². The van der Waals surface area contributed by atoms with Gasteiger partial charge < -0.3 is 4.74 Å². The maximum Gasteiger partial charge on any atom is 0.119 e. The van der Waals surface area contributed by atoms with Gasteiger partial charge in [0.05, 0.1) is 7.11 Å². The molecule has 0 radical (unpaired) electrons. The van der Waals surface area contributed by atoms with Gasteiger partial charge in [-0.2, -0.15) is 0 Å². The lowest BCUT2D eigenvalue weighted by Gasteiger charge is -2.40. The number of hydrogen-bond donors (Lipinski definition) is 0. The van der Waals surface area contributed by atoms with Crippen LogP contribution >= 0.6 is 0 Å². The average Bonchev–Trinajstić information content (AvgIpc) is 2.35. The molecule has 1 fully saturated rings. The highest BCUT2D eigenvalue weighted by atomic mass is 16.5. The lowest BCUT2D eigenvalue weighted by molar-refractivity contribution is 0.127. The van der Waals surface area contributed by atoms with Crippen LogP contribution in [0.5, 0.6) is 5.75 Å². The summed E-state index contributed by atoms with van der Waals surface area (Å²) >= 11 is 0. The number of benzene rings is 1. The number of ether oxygens (including phenoxy) is 1. The van der Waals surface area contributed by atoms with Crippen LogP contribution in [0.1, 0.15) is 30.4 Å². The van der Waals surface area contributed by atoms with Gasteiger partial charge in [0.1, 0.15) is 5.75 Å². The van der Waals surface area contributed by atoms with E-state index in [2.05, 4.69) is 23.1 Å². The highest BCUT2D eigenvalue weighted by Gasteiger charge is 2.28. The van der Waals surface area contributed by atoms with Gasteiger partial charge >= 0.3 is 0 Å². The number of rotatable bonds is 1. The van der Waals surface area contributed by atoms with E-state index in [0.29, 0.717) is 0 Å². The first-order chi connectivity index (χ1) is 7.86. The van der Waals surface area contributed by atoms with Crippen molar-refractivity contribution < 1.29 is 4.74 Å². The second-order valence-corrected chi connectivity index (χ2v) is 4.96. The minimum atomic E-state index is 0.801. The molecule has 2 nitrogen and oxygen atoms in total. The van der Waals surface area contributed by atoms with Crippen molar-refractivity contribution >= 4 is 0 Å². The van der Waals surface area contributed by atoms with E-state index in [9.17, 15) is 0 Å². The Morgan fingerprint density at radius 1 is 1.25 bits per heavy atom. The average molecular weight is 217 g/mol. The van der Waals surface area contributed by atoms with Crippen molar-refractivity contribution in [2.24, 2.45) is 0 Å². The van der Waals surface area contributed by atoms with E-state index in [0.717, 1.165) is 18.3 Å². The first kappa shape index (κ1) is 10.2. The number of hydrogen-bond acceptors (Lipinski definition) is 2. The second-order valence-electron chi connectivity index (χ2n) is 4.96. The summed E-state index contributed by atoms with van der Waals surface area (Å²) in [5.74, 6) is 0.995. The van der Waals surface area contributed by atoms with Gasteiger partial charge in [-0.1, -0.05) is 12.5 Å². The minimum Gasteiger partial charge on any atom is -0.497 e. The Morgan fingerprint density at radius 3 is 3.06 bits per heavy atom. The summed E-state index contributed by atoms with van der Waals surface area (Å²) in [4.78, 5) is 2.64. The van der Waals surface area contributed by atoms with Crippen LogP contribution in [-0.4, -0.2) is 24.6 Å². The summed E-state index contributed by atoms with van der Waals surface area (Å²) in [5.41, 5.74) is 3.00. The van der Waals surface area contributed by atoms with E-state index in [4.69, 9.17) is 4.74 Å². The van der Waals surface area contributed by atoms with Crippen LogP contribution in [0.3, 0.4) is 0 Å². The predicted molar refractivity (Wildman–Crippen MR) is 64.7 cm³/mol. The van der Waals surface area contributed by atoms with Gasteiger partial charge in [0, 0.05) is 12.6 Å². The summed E-state index contributed by atoms with van der Waals surface area (Å²) in [6.45, 7) is 2.40. The zero-order valence-electron chi connectivity index (χ0n) is 9.91. The summed E-state index contributed by atoms with van der Waals surface area (Å²) in [6.07, 6.45) is 5.40. The molecule has 86 valence electrons. The summed E-state index contributed by atoms with van der Waals surface area (Å²) in [7, 11) is 1.74. The molecule has 0 amide bonds. The molecule has 16 heavy (non-hydrogen) atoms.